The highest BCUT2D eigenvalue weighted by atomic mass is 16.8. The molecule has 728 valence electrons. The van der Waals surface area contributed by atoms with Gasteiger partial charge in [-0.15, -0.1) is 0 Å². The number of aliphatic hydroxyl groups is 27. The molecular weight excluding hydrogens is 1730 g/mol. The second-order valence-electron chi connectivity index (χ2n) is 31.7. The summed E-state index contributed by atoms with van der Waals surface area (Å²) >= 11 is 0. The van der Waals surface area contributed by atoms with Crippen LogP contribution in [0.5, 0.6) is 0 Å². The van der Waals surface area contributed by atoms with Crippen molar-refractivity contribution in [2.75, 3.05) is 66.1 Å². The molecule has 56 heteroatoms. The van der Waals surface area contributed by atoms with E-state index in [1.165, 1.54) is 0 Å². The van der Waals surface area contributed by atoms with Crippen LogP contribution in [0.25, 0.3) is 0 Å². The molecule has 0 saturated carbocycles. The fourth-order valence-electron chi connectivity index (χ4n) is 16.3. The molecule has 0 bridgehead atoms. The minimum atomic E-state index is -2.63. The monoisotopic (exact) mass is 1840 g/mol. The van der Waals surface area contributed by atoms with Gasteiger partial charge in [-0.2, -0.15) is 0 Å². The molecule has 0 aliphatic carbocycles. The molecule has 10 rings (SSSR count). The number of carbonyl (C=O) groups excluding carboxylic acids is 5. The third-order valence-electron chi connectivity index (χ3n) is 22.9. The molecule has 0 radical (unpaired) electrons. The van der Waals surface area contributed by atoms with E-state index >= 15 is 0 Å². The highest BCUT2D eigenvalue weighted by Gasteiger charge is 2.62. The van der Waals surface area contributed by atoms with Crippen LogP contribution in [0.2, 0.25) is 0 Å². The number of nitrogens with one attached hydrogen (secondary N) is 5. The number of ether oxygens (including phenoxy) is 19. The Kier molecular flexibility index (Phi) is 37.4. The maximum atomic E-state index is 13.2. The quantitative estimate of drug-likeness (QED) is 0.0290. The molecule has 10 saturated heterocycles. The molecule has 0 aromatic heterocycles. The Morgan fingerprint density at radius 3 is 0.802 bits per heavy atom. The van der Waals surface area contributed by atoms with E-state index in [0.29, 0.717) is 0 Å². The fraction of sp³-hybridized carbons (Fsp3) is 0.929. The van der Waals surface area contributed by atoms with E-state index in [1.54, 1.807) is 0 Å². The predicted octanol–water partition coefficient (Wildman–Crippen LogP) is -22.1. The first-order chi connectivity index (χ1) is 59.6. The third kappa shape index (κ3) is 22.9. The third-order valence-corrected chi connectivity index (χ3v) is 22.9. The van der Waals surface area contributed by atoms with Gasteiger partial charge >= 0.3 is 0 Å². The first-order valence-corrected chi connectivity index (χ1v) is 40.1. The van der Waals surface area contributed by atoms with Crippen LogP contribution in [-0.4, -0.2) is 540 Å². The van der Waals surface area contributed by atoms with Gasteiger partial charge in [-0.05, 0) is 0 Å². The van der Waals surface area contributed by atoms with Gasteiger partial charge in [-0.25, -0.2) is 0 Å². The zero-order valence-electron chi connectivity index (χ0n) is 67.8. The maximum absolute atomic E-state index is 13.2. The van der Waals surface area contributed by atoms with E-state index in [9.17, 15) is 162 Å². The summed E-state index contributed by atoms with van der Waals surface area (Å²) in [5.41, 5.74) is 0. The first-order valence-electron chi connectivity index (χ1n) is 40.1. The summed E-state index contributed by atoms with van der Waals surface area (Å²) in [6, 6.07) is -9.30. The van der Waals surface area contributed by atoms with Crippen LogP contribution in [0.15, 0.2) is 0 Å². The summed E-state index contributed by atoms with van der Waals surface area (Å²) in [6.07, 6.45) is -95.1. The van der Waals surface area contributed by atoms with Gasteiger partial charge in [0, 0.05) is 34.6 Å². The van der Waals surface area contributed by atoms with Crippen LogP contribution in [0, 0.1) is 0 Å². The summed E-state index contributed by atoms with van der Waals surface area (Å²) in [5.74, 6) is -4.55. The SMILES string of the molecule is CC(=O)N[C@@H]1[C@@H](O)[C@H](O[C@@H]2O[C@H](CO)[C@@H](O[C@@H]3O[C@H](CO[C@H]4O[C@H](CO)[C@@H](O)[C@H](O)[C@@H]4O[C@@H]4O[C@H](CO)[C@@H](O[C@@H]5O[C@H](CO)[C@H](O)[C@H](O)[C@H]5NC(C)=O)[C@H](O)[C@H]4NC(C)=O)[C@@H](O)[C@H](O[C@H]4O[C@H](CO)[C@@H](O)[C@H](O)[C@@H]4O[C@@H]4O[C@H](CO)[C@@H](O[C@@H]5O[C@H](CO)[C@H](O)[C@H](O[C@H]6O[C@H](CO)[C@H](O)[C@H](O)[C@H]6O)[C@H]5O)[C@H](O)[C@H]4NC(C)=O)[C@@H]3O)[C@H](O)[C@H]2NC(C)=O)[C@@H](CO)O[C@H]1O. The van der Waals surface area contributed by atoms with Gasteiger partial charge < -0.3 is 254 Å². The van der Waals surface area contributed by atoms with Crippen LogP contribution in [0.3, 0.4) is 0 Å². The number of rotatable bonds is 33. The lowest BCUT2D eigenvalue weighted by Gasteiger charge is -2.51. The highest BCUT2D eigenvalue weighted by Crippen LogP contribution is 2.41. The summed E-state index contributed by atoms with van der Waals surface area (Å²) < 4.78 is 113. The number of amides is 5. The molecule has 10 fully saturated rings. The lowest BCUT2D eigenvalue weighted by Crippen LogP contribution is -2.71. The Labute approximate surface area is 713 Å². The van der Waals surface area contributed by atoms with Crippen molar-refractivity contribution in [3.05, 3.63) is 0 Å². The second kappa shape index (κ2) is 45.5. The molecule has 32 N–H and O–H groups in total. The number of hydrogen-bond donors (Lipinski definition) is 32. The maximum Gasteiger partial charge on any atom is 0.217 e. The van der Waals surface area contributed by atoms with Crippen molar-refractivity contribution >= 4 is 29.5 Å². The van der Waals surface area contributed by atoms with Crippen molar-refractivity contribution in [1.82, 2.24) is 26.6 Å². The van der Waals surface area contributed by atoms with E-state index in [1.807, 2.05) is 0 Å². The summed E-state index contributed by atoms with van der Waals surface area (Å²) in [7, 11) is 0. The molecule has 56 nitrogen and oxygen atoms in total. The Bertz CT molecular complexity index is 3440. The van der Waals surface area contributed by atoms with Gasteiger partial charge in [0.15, 0.2) is 62.9 Å². The molecular formula is C70H117N5O51. The topological polar surface area (TPSA) is 867 Å². The smallest absolute Gasteiger partial charge is 0.217 e. The Balaban J connectivity index is 0.974. The van der Waals surface area contributed by atoms with E-state index in [0.717, 1.165) is 34.6 Å². The second-order valence-corrected chi connectivity index (χ2v) is 31.7. The van der Waals surface area contributed by atoms with Gasteiger partial charge in [-0.3, -0.25) is 24.0 Å². The summed E-state index contributed by atoms with van der Waals surface area (Å²) in [6.45, 7) is -6.47. The normalized spacial score (nSPS) is 48.4. The van der Waals surface area contributed by atoms with Crippen molar-refractivity contribution in [3.8, 4) is 0 Å². The van der Waals surface area contributed by atoms with E-state index in [4.69, 9.17) is 90.0 Å². The van der Waals surface area contributed by atoms with E-state index < -0.39 is 402 Å². The van der Waals surface area contributed by atoms with Crippen molar-refractivity contribution in [3.63, 3.8) is 0 Å². The summed E-state index contributed by atoms with van der Waals surface area (Å²) in [4.78, 5) is 63.9. The fourth-order valence-corrected chi connectivity index (χ4v) is 16.3. The van der Waals surface area contributed by atoms with Crippen molar-refractivity contribution in [2.24, 2.45) is 0 Å². The Hall–Kier alpha value is -4.49. The van der Waals surface area contributed by atoms with Crippen LogP contribution >= 0.6 is 0 Å². The van der Waals surface area contributed by atoms with Gasteiger partial charge in [0.05, 0.1) is 66.1 Å². The molecule has 0 aromatic rings. The van der Waals surface area contributed by atoms with Gasteiger partial charge in [0.25, 0.3) is 0 Å². The van der Waals surface area contributed by atoms with E-state index in [2.05, 4.69) is 26.6 Å². The Morgan fingerprint density at radius 2 is 0.437 bits per heavy atom. The minimum Gasteiger partial charge on any atom is -0.394 e. The highest BCUT2D eigenvalue weighted by molar-refractivity contribution is 5.75. The molecule has 0 unspecified atom stereocenters. The molecule has 0 spiro atoms. The molecule has 10 aliphatic rings. The molecule has 126 heavy (non-hydrogen) atoms. The predicted molar refractivity (Wildman–Crippen MR) is 388 cm³/mol. The molecule has 0 aromatic carbocycles. The molecule has 50 atom stereocenters. The molecule has 10 aliphatic heterocycles. The largest absolute Gasteiger partial charge is 0.394 e. The standard InChI is InChI=1S/C70H117N5O51/c1-16(85)71-31-43(97)53(26(11-81)109-61(31)107)119-63-33(73-18(3)87)45(99)56(28(13-83)115-63)122-68-52(106)58(41(95)30(118-68)15-108-69-59(48(102)38(92)23(8-78)113-69)125-64-34(74-19(4)88)44(98)54(27(12-82)116-64)120-62-32(72-17(2)86)42(96)36(90)21(6-76)110-62)124-70-60(49(103)39(93)24(9-79)114-70)126-65-35(75-20(5)89)46(100)55(29(14-84)117-65)121-67-51(105)57(40(94)25(10-80)112-67)123-66-50(104)47(101)37(91)22(7-77)111-66/h21-70,76-84,90-107H,6-15H2,1-5H3,(H,71,85)(H,72,86)(H,73,87)(H,74,88)(H,75,89)/t21-,22-,23-,24-,25-,26-,27-,28-,29-,30-,31-,32-,33-,34-,35-,36+,37+,38-,39-,40+,41-,42-,43-,44-,45-,46-,47+,48+,49+,50-,51-,52+,53-,54-,55-,56-,57+,58+,59+,60+,61-,62+,63+,64+,65+,66-,67+,68+,69+,70-/m1/s1. The van der Waals surface area contributed by atoms with Crippen molar-refractivity contribution in [1.29, 1.82) is 0 Å². The number of aliphatic hydroxyl groups excluding tert-OH is 27. The van der Waals surface area contributed by atoms with Crippen LogP contribution in [0.4, 0.5) is 0 Å². The van der Waals surface area contributed by atoms with Crippen LogP contribution < -0.4 is 26.6 Å². The average molecular weight is 1840 g/mol. The zero-order chi connectivity index (χ0) is 92.8. The average Bonchev–Trinajstić information content (AvgIpc) is 0.767. The van der Waals surface area contributed by atoms with Gasteiger partial charge in [-0.1, -0.05) is 0 Å². The zero-order valence-corrected chi connectivity index (χ0v) is 67.8. The Morgan fingerprint density at radius 1 is 0.206 bits per heavy atom. The lowest BCUT2D eigenvalue weighted by atomic mass is 9.93. The van der Waals surface area contributed by atoms with Crippen molar-refractivity contribution in [2.45, 2.75) is 341 Å². The van der Waals surface area contributed by atoms with E-state index in [-0.39, 0.29) is 0 Å². The minimum absolute atomic E-state index is 0.804. The number of carbonyl (C=O) groups is 5. The lowest BCUT2D eigenvalue weighted by molar-refractivity contribution is -0.400. The van der Waals surface area contributed by atoms with Crippen LogP contribution in [-0.2, 0) is 114 Å². The summed E-state index contributed by atoms with van der Waals surface area (Å²) in [5, 5.41) is 314. The number of hydrogen-bond acceptors (Lipinski definition) is 51. The van der Waals surface area contributed by atoms with Crippen LogP contribution in [0.1, 0.15) is 34.6 Å². The van der Waals surface area contributed by atoms with Crippen molar-refractivity contribution < 1.29 is 252 Å². The van der Waals surface area contributed by atoms with Gasteiger partial charge in [0.1, 0.15) is 244 Å². The molecule has 5 amide bonds. The van der Waals surface area contributed by atoms with Gasteiger partial charge in [0.2, 0.25) is 29.5 Å². The molecule has 10 heterocycles. The first kappa shape index (κ1) is 104.